The SMILES string of the molecule is Cc1ccnn1CCCNC(=O)c1ccn(COc2ccccc2[N+](=O)[O-])n1. The van der Waals surface area contributed by atoms with Crippen LogP contribution in [0.1, 0.15) is 22.6 Å². The van der Waals surface area contributed by atoms with Crippen LogP contribution in [0.25, 0.3) is 0 Å². The van der Waals surface area contributed by atoms with Crippen molar-refractivity contribution in [1.82, 2.24) is 24.9 Å². The van der Waals surface area contributed by atoms with Crippen LogP contribution in [0, 0.1) is 17.0 Å². The second-order valence-corrected chi connectivity index (χ2v) is 6.04. The number of nitro benzene ring substituents is 1. The highest BCUT2D eigenvalue weighted by Crippen LogP contribution is 2.25. The van der Waals surface area contributed by atoms with Crippen molar-refractivity contribution in [2.75, 3.05) is 6.54 Å². The number of ether oxygens (including phenoxy) is 1. The lowest BCUT2D eigenvalue weighted by Crippen LogP contribution is -2.26. The van der Waals surface area contributed by atoms with E-state index < -0.39 is 4.92 Å². The molecule has 0 spiro atoms. The molecule has 0 atom stereocenters. The molecular weight excluding hydrogens is 364 g/mol. The fourth-order valence-corrected chi connectivity index (χ4v) is 2.57. The number of para-hydroxylation sites is 2. The van der Waals surface area contributed by atoms with Crippen LogP contribution < -0.4 is 10.1 Å². The van der Waals surface area contributed by atoms with E-state index in [0.29, 0.717) is 6.54 Å². The van der Waals surface area contributed by atoms with E-state index in [1.54, 1.807) is 30.6 Å². The van der Waals surface area contributed by atoms with Gasteiger partial charge in [-0.3, -0.25) is 19.6 Å². The number of nitro groups is 1. The number of aryl methyl sites for hydroxylation is 2. The molecule has 28 heavy (non-hydrogen) atoms. The van der Waals surface area contributed by atoms with Crippen LogP contribution in [0.15, 0.2) is 48.8 Å². The molecule has 146 valence electrons. The Hall–Kier alpha value is -3.69. The summed E-state index contributed by atoms with van der Waals surface area (Å²) in [5.74, 6) is -0.149. The van der Waals surface area contributed by atoms with Crippen LogP contribution in [0.3, 0.4) is 0 Å². The Morgan fingerprint density at radius 3 is 2.86 bits per heavy atom. The molecule has 0 aliphatic rings. The van der Waals surface area contributed by atoms with Crippen LogP contribution in [0.4, 0.5) is 5.69 Å². The van der Waals surface area contributed by atoms with E-state index in [1.807, 2.05) is 17.7 Å². The normalized spacial score (nSPS) is 10.6. The van der Waals surface area contributed by atoms with Gasteiger partial charge in [-0.1, -0.05) is 12.1 Å². The zero-order valence-corrected chi connectivity index (χ0v) is 15.3. The maximum atomic E-state index is 12.2. The van der Waals surface area contributed by atoms with Crippen molar-refractivity contribution in [3.05, 3.63) is 70.3 Å². The second-order valence-electron chi connectivity index (χ2n) is 6.04. The van der Waals surface area contributed by atoms with Crippen LogP contribution >= 0.6 is 0 Å². The van der Waals surface area contributed by atoms with E-state index in [-0.39, 0.29) is 29.8 Å². The molecule has 1 aromatic carbocycles. The molecule has 0 bridgehead atoms. The molecule has 0 aliphatic heterocycles. The van der Waals surface area contributed by atoms with E-state index >= 15 is 0 Å². The first-order chi connectivity index (χ1) is 13.5. The molecule has 3 aromatic rings. The van der Waals surface area contributed by atoms with Crippen LogP contribution in [-0.4, -0.2) is 36.9 Å². The van der Waals surface area contributed by atoms with Crippen molar-refractivity contribution in [2.45, 2.75) is 26.6 Å². The Labute approximate surface area is 160 Å². The van der Waals surface area contributed by atoms with Crippen LogP contribution in [0.2, 0.25) is 0 Å². The number of hydrogen-bond donors (Lipinski definition) is 1. The molecule has 3 rings (SSSR count). The monoisotopic (exact) mass is 384 g/mol. The van der Waals surface area contributed by atoms with E-state index in [1.165, 1.54) is 16.8 Å². The fourth-order valence-electron chi connectivity index (χ4n) is 2.57. The maximum Gasteiger partial charge on any atom is 0.311 e. The van der Waals surface area contributed by atoms with E-state index in [0.717, 1.165) is 18.7 Å². The van der Waals surface area contributed by atoms with Crippen molar-refractivity contribution in [3.63, 3.8) is 0 Å². The van der Waals surface area contributed by atoms with Gasteiger partial charge in [-0.15, -0.1) is 0 Å². The number of rotatable bonds is 9. The lowest BCUT2D eigenvalue weighted by molar-refractivity contribution is -0.386. The smallest absolute Gasteiger partial charge is 0.311 e. The summed E-state index contributed by atoms with van der Waals surface area (Å²) >= 11 is 0. The molecule has 10 nitrogen and oxygen atoms in total. The lowest BCUT2D eigenvalue weighted by atomic mass is 10.3. The predicted molar refractivity (Wildman–Crippen MR) is 99.9 cm³/mol. The minimum atomic E-state index is -0.512. The van der Waals surface area contributed by atoms with Crippen molar-refractivity contribution in [2.24, 2.45) is 0 Å². The Morgan fingerprint density at radius 2 is 2.11 bits per heavy atom. The molecule has 0 saturated carbocycles. The molecule has 1 amide bonds. The predicted octanol–water partition coefficient (Wildman–Crippen LogP) is 2.15. The molecular formula is C18H20N6O4. The zero-order chi connectivity index (χ0) is 19.9. The average molecular weight is 384 g/mol. The van der Waals surface area contributed by atoms with Crippen molar-refractivity contribution in [1.29, 1.82) is 0 Å². The summed E-state index contributed by atoms with van der Waals surface area (Å²) in [6.45, 7) is 3.15. The van der Waals surface area contributed by atoms with Gasteiger partial charge < -0.3 is 10.1 Å². The summed E-state index contributed by atoms with van der Waals surface area (Å²) in [5.41, 5.74) is 1.20. The number of amides is 1. The van der Waals surface area contributed by atoms with Gasteiger partial charge in [0.15, 0.2) is 12.5 Å². The molecule has 2 heterocycles. The number of aromatic nitrogens is 4. The van der Waals surface area contributed by atoms with Crippen LogP contribution in [-0.2, 0) is 13.3 Å². The minimum absolute atomic E-state index is 0.0449. The average Bonchev–Trinajstić information content (AvgIpc) is 3.32. The lowest BCUT2D eigenvalue weighted by Gasteiger charge is -2.07. The summed E-state index contributed by atoms with van der Waals surface area (Å²) in [6.07, 6.45) is 4.07. The highest BCUT2D eigenvalue weighted by atomic mass is 16.6. The Kier molecular flexibility index (Phi) is 6.00. The first kappa shape index (κ1) is 19.1. The molecule has 0 radical (unpaired) electrons. The number of nitrogens with one attached hydrogen (secondary N) is 1. The molecule has 0 unspecified atom stereocenters. The molecule has 1 N–H and O–H groups in total. The van der Waals surface area contributed by atoms with Gasteiger partial charge in [0.25, 0.3) is 5.91 Å². The van der Waals surface area contributed by atoms with E-state index in [4.69, 9.17) is 4.74 Å². The zero-order valence-electron chi connectivity index (χ0n) is 15.3. The standard InChI is InChI=1S/C18H20N6O4/c1-14-7-10-20-23(14)11-4-9-19-18(25)15-8-12-22(21-15)13-28-17-6-3-2-5-16(17)24(26)27/h2-3,5-8,10,12H,4,9,11,13H2,1H3,(H,19,25). The third kappa shape index (κ3) is 4.72. The van der Waals surface area contributed by atoms with Crippen LogP contribution in [0.5, 0.6) is 5.75 Å². The number of benzene rings is 1. The summed E-state index contributed by atoms with van der Waals surface area (Å²) in [7, 11) is 0. The number of hydrogen-bond acceptors (Lipinski definition) is 6. The highest BCUT2D eigenvalue weighted by Gasteiger charge is 2.14. The Bertz CT molecular complexity index is 964. The van der Waals surface area contributed by atoms with Gasteiger partial charge in [-0.2, -0.15) is 10.2 Å². The summed E-state index contributed by atoms with van der Waals surface area (Å²) < 4.78 is 8.72. The number of carbonyl (C=O) groups is 1. The fraction of sp³-hybridized carbons (Fsp3) is 0.278. The molecule has 0 saturated heterocycles. The van der Waals surface area contributed by atoms with Crippen molar-refractivity contribution in [3.8, 4) is 5.75 Å². The maximum absolute atomic E-state index is 12.2. The molecule has 10 heteroatoms. The highest BCUT2D eigenvalue weighted by molar-refractivity contribution is 5.92. The van der Waals surface area contributed by atoms with Gasteiger partial charge in [-0.25, -0.2) is 4.68 Å². The first-order valence-corrected chi connectivity index (χ1v) is 8.71. The first-order valence-electron chi connectivity index (χ1n) is 8.71. The van der Waals surface area contributed by atoms with Gasteiger partial charge in [-0.05, 0) is 31.5 Å². The van der Waals surface area contributed by atoms with Gasteiger partial charge in [0, 0.05) is 37.2 Å². The van der Waals surface area contributed by atoms with Crippen molar-refractivity contribution < 1.29 is 14.5 Å². The summed E-state index contributed by atoms with van der Waals surface area (Å²) in [6, 6.07) is 9.58. The van der Waals surface area contributed by atoms with E-state index in [2.05, 4.69) is 15.5 Å². The molecule has 2 aromatic heterocycles. The Balaban J connectivity index is 1.47. The molecule has 0 fully saturated rings. The number of nitrogens with zero attached hydrogens (tertiary/aromatic N) is 5. The quantitative estimate of drug-likeness (QED) is 0.343. The Morgan fingerprint density at radius 1 is 1.29 bits per heavy atom. The topological polar surface area (TPSA) is 117 Å². The summed E-state index contributed by atoms with van der Waals surface area (Å²) in [4.78, 5) is 22.6. The molecule has 0 aliphatic carbocycles. The van der Waals surface area contributed by atoms with Gasteiger partial charge >= 0.3 is 5.69 Å². The van der Waals surface area contributed by atoms with E-state index in [9.17, 15) is 14.9 Å². The third-order valence-electron chi connectivity index (χ3n) is 4.05. The van der Waals surface area contributed by atoms with Gasteiger partial charge in [0.2, 0.25) is 0 Å². The van der Waals surface area contributed by atoms with Gasteiger partial charge in [0.1, 0.15) is 5.69 Å². The van der Waals surface area contributed by atoms with Gasteiger partial charge in [0.05, 0.1) is 4.92 Å². The third-order valence-corrected chi connectivity index (χ3v) is 4.05. The summed E-state index contributed by atoms with van der Waals surface area (Å²) in [5, 5.41) is 22.1. The largest absolute Gasteiger partial charge is 0.464 e. The van der Waals surface area contributed by atoms with Crippen molar-refractivity contribution >= 4 is 11.6 Å². The number of carbonyl (C=O) groups excluding carboxylic acids is 1. The second kappa shape index (κ2) is 8.80. The minimum Gasteiger partial charge on any atom is -0.464 e.